The molecule has 5 rings (SSSR count). The SMILES string of the molecule is CCOC(=O)C1=C(C)N=c2s/c(=C/c3cc(Cl)c(OCc4ccc(C(=O)OCC)cc4)c(OC)c3)c(=O)n2[C@@H]1c1ccc(OCC(=O)OC)c(OCC)c1. The van der Waals surface area contributed by atoms with Crippen LogP contribution in [0.25, 0.3) is 6.08 Å². The lowest BCUT2D eigenvalue weighted by molar-refractivity contribution is -0.143. The molecular formula is C39H39ClN2O11S. The van der Waals surface area contributed by atoms with Gasteiger partial charge in [0.15, 0.2) is 34.4 Å². The number of carbonyl (C=O) groups excluding carboxylic acids is 3. The molecule has 0 saturated carbocycles. The quantitative estimate of drug-likeness (QED) is 0.116. The van der Waals surface area contributed by atoms with E-state index in [0.29, 0.717) is 49.0 Å². The van der Waals surface area contributed by atoms with Crippen molar-refractivity contribution in [2.75, 3.05) is 40.6 Å². The lowest BCUT2D eigenvalue weighted by Gasteiger charge is -2.25. The number of aromatic nitrogens is 1. The molecule has 54 heavy (non-hydrogen) atoms. The number of hydrogen-bond acceptors (Lipinski definition) is 13. The molecule has 0 saturated heterocycles. The Hall–Kier alpha value is -5.60. The highest BCUT2D eigenvalue weighted by Crippen LogP contribution is 2.38. The van der Waals surface area contributed by atoms with E-state index in [-0.39, 0.29) is 49.4 Å². The minimum absolute atomic E-state index is 0.112. The Kier molecular flexibility index (Phi) is 13.2. The summed E-state index contributed by atoms with van der Waals surface area (Å²) in [6.07, 6.45) is 1.66. The number of thiazole rings is 1. The minimum atomic E-state index is -0.934. The highest BCUT2D eigenvalue weighted by Gasteiger charge is 2.34. The number of ether oxygens (including phenoxy) is 7. The first-order chi connectivity index (χ1) is 26.0. The van der Waals surface area contributed by atoms with Crippen LogP contribution in [-0.4, -0.2) is 63.1 Å². The van der Waals surface area contributed by atoms with Gasteiger partial charge < -0.3 is 33.2 Å². The number of nitrogens with zero attached hydrogens (tertiary/aromatic N) is 2. The Morgan fingerprint density at radius 2 is 1.59 bits per heavy atom. The maximum Gasteiger partial charge on any atom is 0.343 e. The monoisotopic (exact) mass is 778 g/mol. The highest BCUT2D eigenvalue weighted by atomic mass is 35.5. The number of rotatable bonds is 15. The van der Waals surface area contributed by atoms with Gasteiger partial charge in [-0.05, 0) is 86.9 Å². The molecule has 2 heterocycles. The van der Waals surface area contributed by atoms with E-state index in [1.54, 1.807) is 88.4 Å². The Balaban J connectivity index is 1.52. The van der Waals surface area contributed by atoms with Gasteiger partial charge in [-0.25, -0.2) is 19.4 Å². The number of allylic oxidation sites excluding steroid dienone is 1. The molecule has 0 radical (unpaired) electrons. The van der Waals surface area contributed by atoms with Crippen molar-refractivity contribution in [3.63, 3.8) is 0 Å². The molecule has 284 valence electrons. The van der Waals surface area contributed by atoms with E-state index < -0.39 is 29.5 Å². The predicted octanol–water partition coefficient (Wildman–Crippen LogP) is 5.17. The van der Waals surface area contributed by atoms with Crippen LogP contribution in [0.4, 0.5) is 0 Å². The average molecular weight is 779 g/mol. The Labute approximate surface area is 319 Å². The molecule has 1 aliphatic rings. The third-order valence-corrected chi connectivity index (χ3v) is 9.34. The van der Waals surface area contributed by atoms with Crippen molar-refractivity contribution in [3.05, 3.63) is 113 Å². The molecule has 0 unspecified atom stereocenters. The summed E-state index contributed by atoms with van der Waals surface area (Å²) in [6.45, 7) is 7.39. The fourth-order valence-corrected chi connectivity index (χ4v) is 6.93. The largest absolute Gasteiger partial charge is 0.493 e. The van der Waals surface area contributed by atoms with E-state index in [9.17, 15) is 19.2 Å². The van der Waals surface area contributed by atoms with E-state index in [1.807, 2.05) is 0 Å². The fourth-order valence-electron chi connectivity index (χ4n) is 5.61. The van der Waals surface area contributed by atoms with Crippen molar-refractivity contribution in [2.24, 2.45) is 4.99 Å². The summed E-state index contributed by atoms with van der Waals surface area (Å²) in [6, 6.07) is 14.2. The molecule has 13 nitrogen and oxygen atoms in total. The van der Waals surface area contributed by atoms with Crippen LogP contribution in [0, 0.1) is 0 Å². The van der Waals surface area contributed by atoms with Gasteiger partial charge in [-0.15, -0.1) is 0 Å². The molecule has 0 aliphatic carbocycles. The van der Waals surface area contributed by atoms with Crippen molar-refractivity contribution in [3.8, 4) is 23.0 Å². The highest BCUT2D eigenvalue weighted by molar-refractivity contribution is 7.07. The van der Waals surface area contributed by atoms with E-state index in [4.69, 9.17) is 40.0 Å². The van der Waals surface area contributed by atoms with Gasteiger partial charge in [0, 0.05) is 0 Å². The molecule has 0 fully saturated rings. The summed E-state index contributed by atoms with van der Waals surface area (Å²) in [5.74, 6) is -0.386. The summed E-state index contributed by atoms with van der Waals surface area (Å²) >= 11 is 7.85. The van der Waals surface area contributed by atoms with Crippen LogP contribution in [0.5, 0.6) is 23.0 Å². The van der Waals surface area contributed by atoms with Crippen LogP contribution in [0.3, 0.4) is 0 Å². The topological polar surface area (TPSA) is 150 Å². The first-order valence-corrected chi connectivity index (χ1v) is 18.1. The molecule has 0 spiro atoms. The Morgan fingerprint density at radius 1 is 0.870 bits per heavy atom. The van der Waals surface area contributed by atoms with Gasteiger partial charge >= 0.3 is 17.9 Å². The zero-order valence-electron chi connectivity index (χ0n) is 30.6. The second-order valence-electron chi connectivity index (χ2n) is 11.5. The lowest BCUT2D eigenvalue weighted by Crippen LogP contribution is -2.40. The molecular weight excluding hydrogens is 740 g/mol. The molecule has 4 aromatic rings. The van der Waals surface area contributed by atoms with Crippen LogP contribution in [-0.2, 0) is 30.4 Å². The maximum absolute atomic E-state index is 14.3. The van der Waals surface area contributed by atoms with Gasteiger partial charge in [0.05, 0.1) is 66.5 Å². The van der Waals surface area contributed by atoms with E-state index in [0.717, 1.165) is 16.9 Å². The molecule has 1 aromatic heterocycles. The van der Waals surface area contributed by atoms with Crippen LogP contribution in [0.1, 0.15) is 60.8 Å². The number of halogens is 1. The summed E-state index contributed by atoms with van der Waals surface area (Å²) in [5.41, 5.74) is 2.45. The average Bonchev–Trinajstić information content (AvgIpc) is 3.46. The molecule has 0 bridgehead atoms. The van der Waals surface area contributed by atoms with Crippen molar-refractivity contribution in [1.82, 2.24) is 4.57 Å². The summed E-state index contributed by atoms with van der Waals surface area (Å²) < 4.78 is 40.0. The van der Waals surface area contributed by atoms with Crippen LogP contribution < -0.4 is 33.8 Å². The summed E-state index contributed by atoms with van der Waals surface area (Å²) in [5, 5.41) is 0.243. The zero-order valence-corrected chi connectivity index (χ0v) is 32.1. The van der Waals surface area contributed by atoms with Crippen molar-refractivity contribution in [1.29, 1.82) is 0 Å². The van der Waals surface area contributed by atoms with Gasteiger partial charge in [-0.3, -0.25) is 9.36 Å². The van der Waals surface area contributed by atoms with Crippen LogP contribution >= 0.6 is 22.9 Å². The normalized spacial score (nSPS) is 13.8. The molecule has 0 N–H and O–H groups in total. The third-order valence-electron chi connectivity index (χ3n) is 8.07. The first-order valence-electron chi connectivity index (χ1n) is 17.0. The second-order valence-corrected chi connectivity index (χ2v) is 13.0. The van der Waals surface area contributed by atoms with Gasteiger partial charge in [0.25, 0.3) is 5.56 Å². The second kappa shape index (κ2) is 18.0. The van der Waals surface area contributed by atoms with Crippen molar-refractivity contribution < 1.29 is 47.5 Å². The number of esters is 3. The fraction of sp³-hybridized carbons (Fsp3) is 0.308. The minimum Gasteiger partial charge on any atom is -0.493 e. The number of fused-ring (bicyclic) bond motifs is 1. The smallest absolute Gasteiger partial charge is 0.343 e. The van der Waals surface area contributed by atoms with Gasteiger partial charge in [-0.1, -0.05) is 41.1 Å². The van der Waals surface area contributed by atoms with Gasteiger partial charge in [0.2, 0.25) is 0 Å². The number of hydrogen-bond donors (Lipinski definition) is 0. The standard InChI is InChI=1S/C39H39ClN2O11S/c1-7-49-29-19-26(14-15-28(29)52-21-32(43)48-6)34-33(38(46)51-9-3)22(4)41-39-42(34)36(44)31(54-39)18-24-16-27(40)35(30(17-24)47-5)53-20-23-10-12-25(13-11-23)37(45)50-8-2/h10-19,34H,7-9,20-21H2,1-6H3/b31-18+/t34-/m1/s1. The van der Waals surface area contributed by atoms with E-state index >= 15 is 0 Å². The molecule has 1 atom stereocenters. The van der Waals surface area contributed by atoms with E-state index in [1.165, 1.54) is 18.8 Å². The van der Waals surface area contributed by atoms with Gasteiger partial charge in [-0.2, -0.15) is 0 Å². The number of methoxy groups -OCH3 is 2. The van der Waals surface area contributed by atoms with E-state index in [2.05, 4.69) is 9.73 Å². The summed E-state index contributed by atoms with van der Waals surface area (Å²) in [7, 11) is 2.74. The molecule has 1 aliphatic heterocycles. The Bertz CT molecular complexity index is 2260. The van der Waals surface area contributed by atoms with Crippen LogP contribution in [0.15, 0.2) is 75.7 Å². The van der Waals surface area contributed by atoms with Gasteiger partial charge in [0.1, 0.15) is 6.61 Å². The molecule has 3 aromatic carbocycles. The zero-order chi connectivity index (χ0) is 38.9. The molecule has 0 amide bonds. The lowest BCUT2D eigenvalue weighted by atomic mass is 9.95. The van der Waals surface area contributed by atoms with Crippen LogP contribution in [0.2, 0.25) is 5.02 Å². The van der Waals surface area contributed by atoms with Crippen molar-refractivity contribution in [2.45, 2.75) is 40.3 Å². The first kappa shape index (κ1) is 39.6. The predicted molar refractivity (Wildman–Crippen MR) is 200 cm³/mol. The summed E-state index contributed by atoms with van der Waals surface area (Å²) in [4.78, 5) is 56.5. The molecule has 15 heteroatoms. The third kappa shape index (κ3) is 8.77. The number of carbonyl (C=O) groups is 3. The van der Waals surface area contributed by atoms with Crippen molar-refractivity contribution >= 4 is 46.9 Å². The maximum atomic E-state index is 14.3. The Morgan fingerprint density at radius 3 is 2.26 bits per heavy atom. The number of benzene rings is 3.